The van der Waals surface area contributed by atoms with Gasteiger partial charge in [0.05, 0.1) is 10.9 Å². The van der Waals surface area contributed by atoms with E-state index in [0.29, 0.717) is 15.8 Å². The van der Waals surface area contributed by atoms with Gasteiger partial charge in [-0.25, -0.2) is 4.98 Å². The topological polar surface area (TPSA) is 56.9 Å². The van der Waals surface area contributed by atoms with Crippen LogP contribution in [0, 0.1) is 6.92 Å². The highest BCUT2D eigenvalue weighted by Crippen LogP contribution is 2.40. The van der Waals surface area contributed by atoms with Crippen LogP contribution in [0.25, 0.3) is 4.96 Å². The zero-order valence-electron chi connectivity index (χ0n) is 16.6. The number of halogens is 1. The number of nitrogens with zero attached hydrogens (tertiary/aromatic N) is 5. The van der Waals surface area contributed by atoms with Gasteiger partial charge in [-0.3, -0.25) is 4.90 Å². The lowest BCUT2D eigenvalue weighted by atomic mass is 10.0. The summed E-state index contributed by atoms with van der Waals surface area (Å²) in [6, 6.07) is 18.3. The number of thiazole rings is 1. The molecule has 0 saturated carbocycles. The molecule has 4 aromatic rings. The van der Waals surface area contributed by atoms with Crippen molar-refractivity contribution in [2.75, 3.05) is 31.1 Å². The van der Waals surface area contributed by atoms with Gasteiger partial charge in [-0.1, -0.05) is 53.3 Å². The van der Waals surface area contributed by atoms with Crippen LogP contribution in [0.5, 0.6) is 5.88 Å². The summed E-state index contributed by atoms with van der Waals surface area (Å²) in [7, 11) is 0. The van der Waals surface area contributed by atoms with Crippen LogP contribution in [-0.2, 0) is 0 Å². The molecule has 3 heterocycles. The molecule has 30 heavy (non-hydrogen) atoms. The fraction of sp³-hybridized carbons (Fsp3) is 0.273. The summed E-state index contributed by atoms with van der Waals surface area (Å²) >= 11 is 7.81. The summed E-state index contributed by atoms with van der Waals surface area (Å²) < 4.78 is 1.53. The first-order chi connectivity index (χ1) is 14.6. The minimum absolute atomic E-state index is 0.101. The molecular formula is C22H22ClN5OS. The number of para-hydroxylation sites is 1. The maximum Gasteiger partial charge on any atom is 0.230 e. The summed E-state index contributed by atoms with van der Waals surface area (Å²) in [5.74, 6) is 0.810. The normalized spacial score (nSPS) is 16.3. The van der Waals surface area contributed by atoms with Crippen molar-refractivity contribution in [3.8, 4) is 5.88 Å². The molecule has 5 rings (SSSR count). The highest BCUT2D eigenvalue weighted by molar-refractivity contribution is 7.17. The molecule has 0 radical (unpaired) electrons. The average molecular weight is 440 g/mol. The van der Waals surface area contributed by atoms with Crippen molar-refractivity contribution in [2.45, 2.75) is 13.0 Å². The predicted octanol–water partition coefficient (Wildman–Crippen LogP) is 4.37. The summed E-state index contributed by atoms with van der Waals surface area (Å²) in [6.07, 6.45) is 0. The van der Waals surface area contributed by atoms with E-state index in [0.717, 1.165) is 36.6 Å². The maximum atomic E-state index is 11.0. The van der Waals surface area contributed by atoms with Gasteiger partial charge >= 0.3 is 0 Å². The quantitative estimate of drug-likeness (QED) is 0.511. The van der Waals surface area contributed by atoms with Crippen molar-refractivity contribution in [3.05, 3.63) is 75.9 Å². The van der Waals surface area contributed by atoms with Crippen molar-refractivity contribution < 1.29 is 5.11 Å². The molecule has 2 aromatic carbocycles. The number of aryl methyl sites for hydroxylation is 1. The molecule has 0 amide bonds. The molecule has 0 unspecified atom stereocenters. The van der Waals surface area contributed by atoms with Gasteiger partial charge in [-0.15, -0.1) is 5.10 Å². The van der Waals surface area contributed by atoms with Crippen molar-refractivity contribution in [2.24, 2.45) is 0 Å². The Kier molecular flexibility index (Phi) is 5.10. The molecule has 1 aliphatic heterocycles. The zero-order chi connectivity index (χ0) is 20.7. The largest absolute Gasteiger partial charge is 0.492 e. The summed E-state index contributed by atoms with van der Waals surface area (Å²) in [5.41, 5.74) is 2.31. The Morgan fingerprint density at radius 3 is 2.50 bits per heavy atom. The maximum absolute atomic E-state index is 11.0. The smallest absolute Gasteiger partial charge is 0.230 e. The van der Waals surface area contributed by atoms with Crippen LogP contribution >= 0.6 is 22.9 Å². The SMILES string of the molecule is Cc1nc2sc([C@H](c3cccc(Cl)c3)N3CCN(c4ccccc4)CC3)c(O)n2n1. The highest BCUT2D eigenvalue weighted by atomic mass is 35.5. The van der Waals surface area contributed by atoms with Crippen molar-refractivity contribution >= 4 is 33.6 Å². The van der Waals surface area contributed by atoms with Crippen LogP contribution in [0.2, 0.25) is 5.02 Å². The molecule has 0 spiro atoms. The second kappa shape index (κ2) is 7.91. The third-order valence-electron chi connectivity index (χ3n) is 5.52. The van der Waals surface area contributed by atoms with E-state index in [2.05, 4.69) is 50.2 Å². The van der Waals surface area contributed by atoms with Crippen LogP contribution in [0.1, 0.15) is 22.3 Å². The molecule has 154 valence electrons. The number of fused-ring (bicyclic) bond motifs is 1. The number of aromatic nitrogens is 3. The van der Waals surface area contributed by atoms with Gasteiger partial charge in [0.25, 0.3) is 0 Å². The predicted molar refractivity (Wildman–Crippen MR) is 121 cm³/mol. The van der Waals surface area contributed by atoms with E-state index in [1.54, 1.807) is 0 Å². The zero-order valence-corrected chi connectivity index (χ0v) is 18.1. The van der Waals surface area contributed by atoms with Crippen molar-refractivity contribution in [3.63, 3.8) is 0 Å². The number of aromatic hydroxyl groups is 1. The minimum Gasteiger partial charge on any atom is -0.492 e. The van der Waals surface area contributed by atoms with E-state index < -0.39 is 0 Å². The lowest BCUT2D eigenvalue weighted by molar-refractivity contribution is 0.211. The molecule has 8 heteroatoms. The van der Waals surface area contributed by atoms with Gasteiger partial charge in [0.2, 0.25) is 10.8 Å². The minimum atomic E-state index is -0.101. The lowest BCUT2D eigenvalue weighted by Crippen LogP contribution is -2.47. The van der Waals surface area contributed by atoms with E-state index in [1.807, 2.05) is 31.2 Å². The lowest BCUT2D eigenvalue weighted by Gasteiger charge is -2.40. The first kappa shape index (κ1) is 19.4. The fourth-order valence-corrected chi connectivity index (χ4v) is 5.47. The van der Waals surface area contributed by atoms with E-state index in [4.69, 9.17) is 11.6 Å². The van der Waals surface area contributed by atoms with Crippen LogP contribution < -0.4 is 4.90 Å². The first-order valence-electron chi connectivity index (χ1n) is 9.94. The molecule has 0 aliphatic carbocycles. The Morgan fingerprint density at radius 1 is 1.03 bits per heavy atom. The Bertz CT molecular complexity index is 1170. The molecule has 1 N–H and O–H groups in total. The van der Waals surface area contributed by atoms with Gasteiger partial charge < -0.3 is 10.0 Å². The standard InChI is InChI=1S/C22H22ClN5OS/c1-15-24-22-28(25-15)21(29)20(30-22)19(16-6-5-7-17(23)14-16)27-12-10-26(11-13-27)18-8-3-2-4-9-18/h2-9,14,19,29H,10-13H2,1H3/t19-/m0/s1. The third-order valence-corrected chi connectivity index (χ3v) is 6.83. The summed E-state index contributed by atoms with van der Waals surface area (Å²) in [5, 5.41) is 16.0. The second-order valence-corrected chi connectivity index (χ2v) is 8.90. The van der Waals surface area contributed by atoms with Crippen LogP contribution in [0.15, 0.2) is 54.6 Å². The molecule has 1 aliphatic rings. The molecule has 0 bridgehead atoms. The van der Waals surface area contributed by atoms with Gasteiger partial charge in [0, 0.05) is 36.9 Å². The number of rotatable bonds is 4. The van der Waals surface area contributed by atoms with E-state index in [1.165, 1.54) is 21.5 Å². The number of piperazine rings is 1. The van der Waals surface area contributed by atoms with E-state index in [-0.39, 0.29) is 11.9 Å². The van der Waals surface area contributed by atoms with E-state index >= 15 is 0 Å². The van der Waals surface area contributed by atoms with Gasteiger partial charge in [-0.2, -0.15) is 4.52 Å². The molecular weight excluding hydrogens is 418 g/mol. The van der Waals surface area contributed by atoms with Crippen molar-refractivity contribution in [1.29, 1.82) is 0 Å². The van der Waals surface area contributed by atoms with Crippen LogP contribution in [-0.4, -0.2) is 50.8 Å². The Balaban J connectivity index is 1.49. The van der Waals surface area contributed by atoms with Gasteiger partial charge in [-0.05, 0) is 36.8 Å². The highest BCUT2D eigenvalue weighted by Gasteiger charge is 2.31. The Hall–Kier alpha value is -2.61. The Morgan fingerprint density at radius 2 is 1.80 bits per heavy atom. The monoisotopic (exact) mass is 439 g/mol. The Labute approximate surface area is 184 Å². The molecule has 2 aromatic heterocycles. The van der Waals surface area contributed by atoms with Gasteiger partial charge in [0.15, 0.2) is 0 Å². The summed E-state index contributed by atoms with van der Waals surface area (Å²) in [4.78, 5) is 10.8. The summed E-state index contributed by atoms with van der Waals surface area (Å²) in [6.45, 7) is 5.41. The van der Waals surface area contributed by atoms with Crippen LogP contribution in [0.3, 0.4) is 0 Å². The third kappa shape index (κ3) is 3.53. The first-order valence-corrected chi connectivity index (χ1v) is 11.1. The average Bonchev–Trinajstić information content (AvgIpc) is 3.27. The van der Waals surface area contributed by atoms with Crippen LogP contribution in [0.4, 0.5) is 5.69 Å². The molecule has 1 atom stereocenters. The fourth-order valence-electron chi connectivity index (χ4n) is 4.11. The van der Waals surface area contributed by atoms with E-state index in [9.17, 15) is 5.11 Å². The molecule has 1 fully saturated rings. The number of anilines is 1. The number of hydrogen-bond acceptors (Lipinski definition) is 6. The van der Waals surface area contributed by atoms with Gasteiger partial charge in [0.1, 0.15) is 5.82 Å². The molecule has 6 nitrogen and oxygen atoms in total. The number of hydrogen-bond donors (Lipinski definition) is 1. The molecule has 1 saturated heterocycles. The number of benzene rings is 2. The second-order valence-electron chi connectivity index (χ2n) is 7.46. The van der Waals surface area contributed by atoms with Crippen molar-refractivity contribution in [1.82, 2.24) is 19.5 Å².